The Labute approximate surface area is 217 Å². The first-order chi connectivity index (χ1) is 16.5. The summed E-state index contributed by atoms with van der Waals surface area (Å²) < 4.78 is 12.1. The van der Waals surface area contributed by atoms with Gasteiger partial charge in [-0.2, -0.15) is 0 Å². The van der Waals surface area contributed by atoms with Crippen LogP contribution in [-0.2, 0) is 0 Å². The number of methoxy groups -OCH3 is 1. The van der Waals surface area contributed by atoms with Crippen molar-refractivity contribution in [2.24, 2.45) is 0 Å². The second kappa shape index (κ2) is 11.0. The highest BCUT2D eigenvalue weighted by atomic mass is 127. The largest absolute Gasteiger partial charge is 0.493 e. The maximum absolute atomic E-state index is 13.9. The zero-order valence-corrected chi connectivity index (χ0v) is 21.4. The molecule has 1 heterocycles. The summed E-state index contributed by atoms with van der Waals surface area (Å²) in [4.78, 5) is 13.9. The van der Waals surface area contributed by atoms with E-state index in [4.69, 9.17) is 26.8 Å². The van der Waals surface area contributed by atoms with E-state index in [9.17, 15) is 4.79 Å². The van der Waals surface area contributed by atoms with Gasteiger partial charge in [-0.05, 0) is 58.1 Å². The number of aliphatic hydroxyl groups excluding tert-OH is 1. The first-order valence-electron chi connectivity index (χ1n) is 10.6. The van der Waals surface area contributed by atoms with Gasteiger partial charge in [0.15, 0.2) is 22.4 Å². The van der Waals surface area contributed by atoms with E-state index in [1.165, 1.54) is 0 Å². The molecule has 0 fully saturated rings. The van der Waals surface area contributed by atoms with Crippen LogP contribution in [0.1, 0.15) is 27.5 Å². The SMILES string of the molecule is COc1cc(C2NC(=S)NC(c3ccccc3)=C2C(=O)c2ccccc2)cc(I)c1OCCO. The molecule has 0 aliphatic carbocycles. The first kappa shape index (κ1) is 24.2. The highest BCUT2D eigenvalue weighted by molar-refractivity contribution is 14.1. The standard InChI is InChI=1S/C26H23IN2O4S/c1-32-20-15-18(14-19(27)25(20)33-13-12-30)23-21(24(31)17-10-6-3-7-11-17)22(28-26(34)29-23)16-8-4-2-5-9-16/h2-11,14-15,23,30H,12-13H2,1H3,(H2,28,29,34). The number of hydrogen-bond acceptors (Lipinski definition) is 5. The molecular formula is C26H23IN2O4S. The number of halogens is 1. The summed E-state index contributed by atoms with van der Waals surface area (Å²) in [5.74, 6) is 0.941. The molecule has 1 aliphatic rings. The van der Waals surface area contributed by atoms with Crippen molar-refractivity contribution in [3.05, 3.63) is 98.6 Å². The Bertz CT molecular complexity index is 1230. The maximum atomic E-state index is 13.9. The Kier molecular flexibility index (Phi) is 7.81. The van der Waals surface area contributed by atoms with Crippen molar-refractivity contribution in [2.45, 2.75) is 6.04 Å². The fourth-order valence-corrected chi connectivity index (χ4v) is 4.83. The zero-order chi connectivity index (χ0) is 24.1. The lowest BCUT2D eigenvalue weighted by Crippen LogP contribution is -2.45. The molecular weight excluding hydrogens is 563 g/mol. The van der Waals surface area contributed by atoms with E-state index in [1.807, 2.05) is 60.7 Å². The number of thiocarbonyl (C=S) groups is 1. The van der Waals surface area contributed by atoms with Crippen molar-refractivity contribution in [1.82, 2.24) is 10.6 Å². The normalized spacial score (nSPS) is 15.4. The van der Waals surface area contributed by atoms with Crippen LogP contribution in [0.5, 0.6) is 11.5 Å². The summed E-state index contributed by atoms with van der Waals surface area (Å²) >= 11 is 7.70. The average Bonchev–Trinajstić information content (AvgIpc) is 2.87. The van der Waals surface area contributed by atoms with Crippen LogP contribution < -0.4 is 20.1 Å². The molecule has 6 nitrogen and oxygen atoms in total. The lowest BCUT2D eigenvalue weighted by molar-refractivity contribution is 0.102. The molecule has 0 amide bonds. The Hall–Kier alpha value is -2.95. The van der Waals surface area contributed by atoms with E-state index < -0.39 is 6.04 Å². The fraction of sp³-hybridized carbons (Fsp3) is 0.154. The quantitative estimate of drug-likeness (QED) is 0.204. The summed E-state index contributed by atoms with van der Waals surface area (Å²) in [5.41, 5.74) is 3.46. The molecule has 1 atom stereocenters. The van der Waals surface area contributed by atoms with Crippen LogP contribution in [0.3, 0.4) is 0 Å². The van der Waals surface area contributed by atoms with Crippen LogP contribution in [0, 0.1) is 3.57 Å². The highest BCUT2D eigenvalue weighted by Crippen LogP contribution is 2.40. The van der Waals surface area contributed by atoms with Gasteiger partial charge in [-0.3, -0.25) is 4.79 Å². The van der Waals surface area contributed by atoms with Gasteiger partial charge in [0.05, 0.1) is 34.6 Å². The van der Waals surface area contributed by atoms with E-state index in [1.54, 1.807) is 19.2 Å². The van der Waals surface area contributed by atoms with Crippen molar-refractivity contribution in [3.8, 4) is 11.5 Å². The van der Waals surface area contributed by atoms with E-state index in [0.29, 0.717) is 33.4 Å². The molecule has 3 aromatic carbocycles. The number of carbonyl (C=O) groups excluding carboxylic acids is 1. The van der Waals surface area contributed by atoms with Crippen LogP contribution in [0.2, 0.25) is 0 Å². The van der Waals surface area contributed by atoms with Crippen LogP contribution in [-0.4, -0.2) is 36.3 Å². The molecule has 3 aromatic rings. The number of Topliss-reactive ketones (excluding diaryl/α,β-unsaturated/α-hetero) is 1. The van der Waals surface area contributed by atoms with Gasteiger partial charge >= 0.3 is 0 Å². The Morgan fingerprint density at radius 2 is 1.76 bits per heavy atom. The van der Waals surface area contributed by atoms with E-state index in [2.05, 4.69) is 33.2 Å². The van der Waals surface area contributed by atoms with Gasteiger partial charge in [0.1, 0.15) is 6.61 Å². The number of hydrogen-bond donors (Lipinski definition) is 3. The van der Waals surface area contributed by atoms with E-state index in [-0.39, 0.29) is 19.0 Å². The molecule has 174 valence electrons. The number of nitrogens with one attached hydrogen (secondary N) is 2. The molecule has 3 N–H and O–H groups in total. The highest BCUT2D eigenvalue weighted by Gasteiger charge is 2.33. The molecule has 34 heavy (non-hydrogen) atoms. The third kappa shape index (κ3) is 5.08. The summed E-state index contributed by atoms with van der Waals surface area (Å²) in [6, 6.07) is 22.1. The van der Waals surface area contributed by atoms with Gasteiger partial charge in [-0.25, -0.2) is 0 Å². The average molecular weight is 586 g/mol. The minimum absolute atomic E-state index is 0.107. The second-order valence-electron chi connectivity index (χ2n) is 7.49. The van der Waals surface area contributed by atoms with Crippen molar-refractivity contribution >= 4 is 51.4 Å². The molecule has 4 rings (SSSR count). The predicted molar refractivity (Wildman–Crippen MR) is 144 cm³/mol. The predicted octanol–water partition coefficient (Wildman–Crippen LogP) is 4.48. The van der Waals surface area contributed by atoms with Crippen molar-refractivity contribution < 1.29 is 19.4 Å². The van der Waals surface area contributed by atoms with Gasteiger partial charge in [0, 0.05) is 5.56 Å². The number of aliphatic hydroxyl groups is 1. The molecule has 8 heteroatoms. The van der Waals surface area contributed by atoms with E-state index >= 15 is 0 Å². The van der Waals surface area contributed by atoms with Gasteiger partial charge in [0.25, 0.3) is 0 Å². The monoisotopic (exact) mass is 586 g/mol. The molecule has 0 aromatic heterocycles. The van der Waals surface area contributed by atoms with Crippen molar-refractivity contribution in [3.63, 3.8) is 0 Å². The summed E-state index contributed by atoms with van der Waals surface area (Å²) in [5, 5.41) is 16.1. The van der Waals surface area contributed by atoms with Crippen LogP contribution >= 0.6 is 34.8 Å². The molecule has 1 unspecified atom stereocenters. The molecule has 0 spiro atoms. The smallest absolute Gasteiger partial charge is 0.193 e. The lowest BCUT2D eigenvalue weighted by atomic mass is 9.87. The minimum Gasteiger partial charge on any atom is -0.493 e. The molecule has 0 bridgehead atoms. The summed E-state index contributed by atoms with van der Waals surface area (Å²) in [6.07, 6.45) is 0. The first-order valence-corrected chi connectivity index (χ1v) is 12.1. The van der Waals surface area contributed by atoms with Gasteiger partial charge in [-0.1, -0.05) is 60.7 Å². The zero-order valence-electron chi connectivity index (χ0n) is 18.4. The summed E-state index contributed by atoms with van der Waals surface area (Å²) in [7, 11) is 1.56. The molecule has 0 saturated carbocycles. The lowest BCUT2D eigenvalue weighted by Gasteiger charge is -2.32. The Morgan fingerprint density at radius 3 is 2.41 bits per heavy atom. The molecule has 1 aliphatic heterocycles. The third-order valence-electron chi connectivity index (χ3n) is 5.34. The third-order valence-corrected chi connectivity index (χ3v) is 6.36. The topological polar surface area (TPSA) is 79.8 Å². The maximum Gasteiger partial charge on any atom is 0.193 e. The Balaban J connectivity index is 1.90. The van der Waals surface area contributed by atoms with Gasteiger partial charge in [0.2, 0.25) is 0 Å². The number of ether oxygens (including phenoxy) is 2. The fourth-order valence-electron chi connectivity index (χ4n) is 3.83. The second-order valence-corrected chi connectivity index (χ2v) is 9.06. The van der Waals surface area contributed by atoms with Crippen molar-refractivity contribution in [2.75, 3.05) is 20.3 Å². The molecule has 0 saturated heterocycles. The van der Waals surface area contributed by atoms with E-state index in [0.717, 1.165) is 14.7 Å². The minimum atomic E-state index is -0.522. The Morgan fingerprint density at radius 1 is 1.09 bits per heavy atom. The number of benzene rings is 3. The van der Waals surface area contributed by atoms with Crippen LogP contribution in [0.25, 0.3) is 5.70 Å². The number of rotatable bonds is 8. The van der Waals surface area contributed by atoms with Crippen LogP contribution in [0.15, 0.2) is 78.4 Å². The number of carbonyl (C=O) groups is 1. The van der Waals surface area contributed by atoms with Gasteiger partial charge < -0.3 is 25.2 Å². The van der Waals surface area contributed by atoms with Crippen molar-refractivity contribution in [1.29, 1.82) is 0 Å². The van der Waals surface area contributed by atoms with Gasteiger partial charge in [-0.15, -0.1) is 0 Å². The van der Waals surface area contributed by atoms with Crippen LogP contribution in [0.4, 0.5) is 0 Å². The molecule has 0 radical (unpaired) electrons. The summed E-state index contributed by atoms with van der Waals surface area (Å²) in [6.45, 7) is 0.0429. The number of ketones is 1.